The number of para-hydroxylation sites is 1. The highest BCUT2D eigenvalue weighted by Crippen LogP contribution is 2.36. The molecular formula is C25H33N3O6S2. The molecule has 1 aliphatic rings. The van der Waals surface area contributed by atoms with Crippen LogP contribution in [0.5, 0.6) is 11.5 Å². The number of rotatable bonds is 12. The molecule has 36 heavy (non-hydrogen) atoms. The van der Waals surface area contributed by atoms with Gasteiger partial charge in [-0.15, -0.1) is 0 Å². The van der Waals surface area contributed by atoms with E-state index in [0.717, 1.165) is 22.7 Å². The molecule has 0 radical (unpaired) electrons. The quantitative estimate of drug-likeness (QED) is 0.256. The first-order valence-corrected chi connectivity index (χ1v) is 14.4. The van der Waals surface area contributed by atoms with Crippen molar-refractivity contribution in [1.82, 2.24) is 13.9 Å². The number of benzene rings is 2. The van der Waals surface area contributed by atoms with E-state index in [9.17, 15) is 8.42 Å². The van der Waals surface area contributed by atoms with Gasteiger partial charge in [-0.3, -0.25) is 0 Å². The Labute approximate surface area is 216 Å². The summed E-state index contributed by atoms with van der Waals surface area (Å²) >= 11 is 1.58. The van der Waals surface area contributed by atoms with Gasteiger partial charge in [0.25, 0.3) is 0 Å². The fourth-order valence-electron chi connectivity index (χ4n) is 4.19. The Hall–Kier alpha value is -2.31. The van der Waals surface area contributed by atoms with Gasteiger partial charge in [-0.25, -0.2) is 13.4 Å². The number of ether oxygens (including phenoxy) is 4. The van der Waals surface area contributed by atoms with E-state index in [1.54, 1.807) is 38.1 Å². The standard InChI is InChI=1S/C25H33N3O6S2/c1-4-33-14-6-11-28-22-10-9-20(36(29,30)27-12-15-34-16-13-27)17-21(22)26-25(28)35-18-19-7-5-8-23(31-2)24(19)32-3/h5,7-10,17H,4,6,11-16,18H2,1-3H3. The Morgan fingerprint density at radius 3 is 2.64 bits per heavy atom. The van der Waals surface area contributed by atoms with Crippen molar-refractivity contribution in [2.75, 3.05) is 53.7 Å². The number of methoxy groups -OCH3 is 2. The molecule has 0 amide bonds. The van der Waals surface area contributed by atoms with Crippen LogP contribution >= 0.6 is 11.8 Å². The molecule has 11 heteroatoms. The number of nitrogens with zero attached hydrogens (tertiary/aromatic N) is 3. The summed E-state index contributed by atoms with van der Waals surface area (Å²) in [5, 5.41) is 0.812. The normalized spacial score (nSPS) is 14.9. The zero-order valence-corrected chi connectivity index (χ0v) is 22.6. The summed E-state index contributed by atoms with van der Waals surface area (Å²) in [5.74, 6) is 2.00. The third-order valence-electron chi connectivity index (χ3n) is 6.01. The first-order chi connectivity index (χ1) is 17.5. The Kier molecular flexibility index (Phi) is 9.13. The average Bonchev–Trinajstić information content (AvgIpc) is 3.26. The van der Waals surface area contributed by atoms with E-state index in [-0.39, 0.29) is 4.90 Å². The Morgan fingerprint density at radius 1 is 1.11 bits per heavy atom. The predicted molar refractivity (Wildman–Crippen MR) is 140 cm³/mol. The molecular weight excluding hydrogens is 502 g/mol. The summed E-state index contributed by atoms with van der Waals surface area (Å²) in [5.41, 5.74) is 2.54. The highest BCUT2D eigenvalue weighted by molar-refractivity contribution is 7.98. The minimum absolute atomic E-state index is 0.252. The third kappa shape index (κ3) is 5.81. The molecule has 1 fully saturated rings. The van der Waals surface area contributed by atoms with Gasteiger partial charge in [0.05, 0.1) is 43.4 Å². The van der Waals surface area contributed by atoms with E-state index < -0.39 is 10.0 Å². The van der Waals surface area contributed by atoms with Crippen LogP contribution < -0.4 is 9.47 Å². The molecule has 2 heterocycles. The highest BCUT2D eigenvalue weighted by atomic mass is 32.2. The molecule has 2 aromatic carbocycles. The van der Waals surface area contributed by atoms with E-state index in [1.165, 1.54) is 4.31 Å². The smallest absolute Gasteiger partial charge is 0.243 e. The molecule has 0 saturated carbocycles. The van der Waals surface area contributed by atoms with Gasteiger partial charge in [0.15, 0.2) is 16.7 Å². The lowest BCUT2D eigenvalue weighted by Gasteiger charge is -2.26. The van der Waals surface area contributed by atoms with E-state index >= 15 is 0 Å². The zero-order valence-electron chi connectivity index (χ0n) is 20.9. The van der Waals surface area contributed by atoms with Crippen molar-refractivity contribution in [2.24, 2.45) is 0 Å². The summed E-state index contributed by atoms with van der Waals surface area (Å²) in [7, 11) is -0.356. The Morgan fingerprint density at radius 2 is 1.92 bits per heavy atom. The molecule has 1 aliphatic heterocycles. The van der Waals surface area contributed by atoms with E-state index in [0.29, 0.717) is 68.8 Å². The van der Waals surface area contributed by atoms with E-state index in [2.05, 4.69) is 4.57 Å². The molecule has 196 valence electrons. The van der Waals surface area contributed by atoms with Crippen molar-refractivity contribution in [3.05, 3.63) is 42.0 Å². The van der Waals surface area contributed by atoms with Crippen LogP contribution in [0, 0.1) is 0 Å². The highest BCUT2D eigenvalue weighted by Gasteiger charge is 2.27. The topological polar surface area (TPSA) is 92.1 Å². The number of hydrogen-bond donors (Lipinski definition) is 0. The van der Waals surface area contributed by atoms with Gasteiger partial charge in [0.1, 0.15) is 0 Å². The number of aromatic nitrogens is 2. The zero-order chi connectivity index (χ0) is 25.5. The van der Waals surface area contributed by atoms with Crippen molar-refractivity contribution in [3.63, 3.8) is 0 Å². The number of sulfonamides is 1. The lowest BCUT2D eigenvalue weighted by atomic mass is 10.2. The van der Waals surface area contributed by atoms with Crippen LogP contribution in [0.25, 0.3) is 11.0 Å². The number of imidazole rings is 1. The van der Waals surface area contributed by atoms with Gasteiger partial charge < -0.3 is 23.5 Å². The van der Waals surface area contributed by atoms with Gasteiger partial charge in [-0.1, -0.05) is 23.9 Å². The van der Waals surface area contributed by atoms with E-state index in [4.69, 9.17) is 23.9 Å². The second-order valence-corrected chi connectivity index (χ2v) is 11.1. The van der Waals surface area contributed by atoms with Gasteiger partial charge >= 0.3 is 0 Å². The first kappa shape index (κ1) is 26.7. The van der Waals surface area contributed by atoms with Crippen molar-refractivity contribution in [2.45, 2.75) is 35.7 Å². The first-order valence-electron chi connectivity index (χ1n) is 12.0. The maximum atomic E-state index is 13.2. The second kappa shape index (κ2) is 12.3. The predicted octanol–water partition coefficient (Wildman–Crippen LogP) is 3.79. The molecule has 1 aromatic heterocycles. The minimum Gasteiger partial charge on any atom is -0.493 e. The van der Waals surface area contributed by atoms with Crippen molar-refractivity contribution < 1.29 is 27.4 Å². The molecule has 0 spiro atoms. The summed E-state index contributed by atoms with van der Waals surface area (Å²) in [6.45, 7) is 5.54. The van der Waals surface area contributed by atoms with Gasteiger partial charge in [-0.05, 0) is 37.6 Å². The molecule has 0 atom stereocenters. The van der Waals surface area contributed by atoms with E-state index in [1.807, 2.05) is 31.2 Å². The number of hydrogen-bond acceptors (Lipinski definition) is 8. The van der Waals surface area contributed by atoms with Crippen molar-refractivity contribution in [1.29, 1.82) is 0 Å². The molecule has 0 aliphatic carbocycles. The Bertz CT molecular complexity index is 1270. The molecule has 9 nitrogen and oxygen atoms in total. The lowest BCUT2D eigenvalue weighted by Crippen LogP contribution is -2.40. The molecule has 1 saturated heterocycles. The lowest BCUT2D eigenvalue weighted by molar-refractivity contribution is 0.0730. The fraction of sp³-hybridized carbons (Fsp3) is 0.480. The van der Waals surface area contributed by atoms with Crippen molar-refractivity contribution >= 4 is 32.8 Å². The van der Waals surface area contributed by atoms with Crippen LogP contribution in [0.1, 0.15) is 18.9 Å². The minimum atomic E-state index is -3.61. The second-order valence-electron chi connectivity index (χ2n) is 8.20. The maximum absolute atomic E-state index is 13.2. The van der Waals surface area contributed by atoms with Crippen LogP contribution in [0.3, 0.4) is 0 Å². The van der Waals surface area contributed by atoms with Gasteiger partial charge in [0, 0.05) is 44.2 Å². The van der Waals surface area contributed by atoms with Crippen LogP contribution in [0.4, 0.5) is 0 Å². The number of thioether (sulfide) groups is 1. The molecule has 3 aromatic rings. The SMILES string of the molecule is CCOCCCn1c(SCc2cccc(OC)c2OC)nc2cc(S(=O)(=O)N3CCOCC3)ccc21. The van der Waals surface area contributed by atoms with Crippen LogP contribution in [-0.4, -0.2) is 76.0 Å². The van der Waals surface area contributed by atoms with Gasteiger partial charge in [-0.2, -0.15) is 4.31 Å². The number of fused-ring (bicyclic) bond motifs is 1. The monoisotopic (exact) mass is 535 g/mol. The molecule has 0 bridgehead atoms. The summed E-state index contributed by atoms with van der Waals surface area (Å²) < 4.78 is 51.9. The third-order valence-corrected chi connectivity index (χ3v) is 8.93. The number of morpholine rings is 1. The maximum Gasteiger partial charge on any atom is 0.243 e. The summed E-state index contributed by atoms with van der Waals surface area (Å²) in [6.07, 6.45) is 0.823. The van der Waals surface area contributed by atoms with Crippen LogP contribution in [-0.2, 0) is 31.8 Å². The molecule has 0 N–H and O–H groups in total. The van der Waals surface area contributed by atoms with Crippen LogP contribution in [0.15, 0.2) is 46.5 Å². The average molecular weight is 536 g/mol. The number of aryl methyl sites for hydroxylation is 1. The fourth-order valence-corrected chi connectivity index (χ4v) is 6.64. The largest absolute Gasteiger partial charge is 0.493 e. The van der Waals surface area contributed by atoms with Crippen LogP contribution in [0.2, 0.25) is 0 Å². The summed E-state index contributed by atoms with van der Waals surface area (Å²) in [6, 6.07) is 11.0. The van der Waals surface area contributed by atoms with Gasteiger partial charge in [0.2, 0.25) is 10.0 Å². The molecule has 4 rings (SSSR count). The summed E-state index contributed by atoms with van der Waals surface area (Å²) in [4.78, 5) is 5.10. The Balaban J connectivity index is 1.65. The molecule has 0 unspecified atom stereocenters. The van der Waals surface area contributed by atoms with Crippen molar-refractivity contribution in [3.8, 4) is 11.5 Å².